The van der Waals surface area contributed by atoms with Crippen LogP contribution in [0.5, 0.6) is 0 Å². The number of nitrogens with zero attached hydrogens (tertiary/aromatic N) is 2. The monoisotopic (exact) mass is 407 g/mol. The highest BCUT2D eigenvalue weighted by atomic mass is 79.9. The lowest BCUT2D eigenvalue weighted by Crippen LogP contribution is -2.19. The molecule has 1 N–H and O–H groups in total. The molecule has 4 nitrogen and oxygen atoms in total. The van der Waals surface area contributed by atoms with Crippen LogP contribution in [0.15, 0.2) is 24.0 Å². The Hall–Kier alpha value is -1.27. The van der Waals surface area contributed by atoms with Crippen molar-refractivity contribution in [1.29, 1.82) is 0 Å². The van der Waals surface area contributed by atoms with Crippen molar-refractivity contribution < 1.29 is 4.79 Å². The zero-order chi connectivity index (χ0) is 17.1. The van der Waals surface area contributed by atoms with Gasteiger partial charge in [0.25, 0.3) is 0 Å². The summed E-state index contributed by atoms with van der Waals surface area (Å²) in [7, 11) is 0. The fourth-order valence-corrected chi connectivity index (χ4v) is 4.93. The number of alkyl halides is 1. The van der Waals surface area contributed by atoms with Crippen molar-refractivity contribution >= 4 is 38.9 Å². The van der Waals surface area contributed by atoms with Crippen molar-refractivity contribution in [3.63, 3.8) is 0 Å². The van der Waals surface area contributed by atoms with Crippen LogP contribution in [0.4, 0.5) is 5.82 Å². The number of aromatic nitrogens is 2. The molecule has 0 spiro atoms. The molecule has 1 fully saturated rings. The van der Waals surface area contributed by atoms with Crippen LogP contribution in [0.2, 0.25) is 0 Å². The number of anilines is 1. The zero-order valence-electron chi connectivity index (χ0n) is 14.0. The van der Waals surface area contributed by atoms with Gasteiger partial charge in [0.15, 0.2) is 0 Å². The van der Waals surface area contributed by atoms with Gasteiger partial charge in [-0.3, -0.25) is 4.79 Å². The summed E-state index contributed by atoms with van der Waals surface area (Å²) < 4.78 is 0. The first-order chi connectivity index (χ1) is 11.6. The predicted molar refractivity (Wildman–Crippen MR) is 102 cm³/mol. The summed E-state index contributed by atoms with van der Waals surface area (Å²) in [5, 5.41) is 6.26. The topological polar surface area (TPSA) is 54.9 Å². The van der Waals surface area contributed by atoms with Gasteiger partial charge < -0.3 is 5.32 Å². The smallest absolute Gasteiger partial charge is 0.208 e. The van der Waals surface area contributed by atoms with E-state index in [0.29, 0.717) is 23.3 Å². The van der Waals surface area contributed by atoms with E-state index in [1.54, 1.807) is 6.20 Å². The Kier molecular flexibility index (Phi) is 5.66. The molecule has 3 rings (SSSR count). The third kappa shape index (κ3) is 3.70. The number of carbonyl (C=O) groups is 1. The second-order valence-corrected chi connectivity index (χ2v) is 8.00. The molecule has 2 aromatic heterocycles. The first-order valence-corrected chi connectivity index (χ1v) is 10.4. The highest BCUT2D eigenvalue weighted by Gasteiger charge is 2.31. The number of hydrogen-bond acceptors (Lipinski definition) is 5. The van der Waals surface area contributed by atoms with E-state index < -0.39 is 0 Å². The van der Waals surface area contributed by atoms with Crippen LogP contribution in [0.3, 0.4) is 0 Å². The van der Waals surface area contributed by atoms with Crippen LogP contribution in [-0.4, -0.2) is 21.8 Å². The average molecular weight is 408 g/mol. The van der Waals surface area contributed by atoms with Crippen LogP contribution in [-0.2, 0) is 5.33 Å². The molecule has 0 amide bonds. The molecular weight excluding hydrogens is 386 g/mol. The molecule has 0 saturated heterocycles. The van der Waals surface area contributed by atoms with Crippen LogP contribution < -0.4 is 5.32 Å². The molecule has 1 saturated carbocycles. The number of carbonyl (C=O) groups excluding carboxylic acids is 1. The Labute approximate surface area is 155 Å². The Morgan fingerprint density at radius 2 is 2.29 bits per heavy atom. The van der Waals surface area contributed by atoms with E-state index in [2.05, 4.69) is 45.1 Å². The van der Waals surface area contributed by atoms with Gasteiger partial charge in [0, 0.05) is 17.6 Å². The standard InChI is InChI=1S/C18H22BrN3OS/c1-3-13-6-14(4-11(13)2)22-18-15(8-20-10-21-18)17(23)16-5-12(7-19)9-24-16/h5,8-11,13-14H,3-4,6-7H2,1-2H3,(H,20,21,22)/t11-,13-,14-/m0/s1. The molecule has 1 aliphatic rings. The van der Waals surface area contributed by atoms with Crippen LogP contribution in [0, 0.1) is 11.8 Å². The van der Waals surface area contributed by atoms with E-state index in [9.17, 15) is 4.79 Å². The van der Waals surface area contributed by atoms with Gasteiger partial charge in [-0.1, -0.05) is 36.2 Å². The largest absolute Gasteiger partial charge is 0.367 e. The maximum absolute atomic E-state index is 12.8. The fraction of sp³-hybridized carbons (Fsp3) is 0.500. The minimum absolute atomic E-state index is 0.00612. The van der Waals surface area contributed by atoms with E-state index in [4.69, 9.17) is 0 Å². The van der Waals surface area contributed by atoms with Crippen molar-refractivity contribution in [2.24, 2.45) is 11.8 Å². The predicted octanol–water partition coefficient (Wildman–Crippen LogP) is 4.90. The summed E-state index contributed by atoms with van der Waals surface area (Å²) in [6.45, 7) is 4.57. The number of nitrogens with one attached hydrogen (secondary N) is 1. The zero-order valence-corrected chi connectivity index (χ0v) is 16.4. The third-order valence-electron chi connectivity index (χ3n) is 4.90. The van der Waals surface area contributed by atoms with E-state index >= 15 is 0 Å². The van der Waals surface area contributed by atoms with E-state index in [1.807, 2.05) is 11.4 Å². The Balaban J connectivity index is 1.79. The Morgan fingerprint density at radius 1 is 1.46 bits per heavy atom. The first-order valence-electron chi connectivity index (χ1n) is 8.37. The highest BCUT2D eigenvalue weighted by Crippen LogP contribution is 2.35. The van der Waals surface area contributed by atoms with Gasteiger partial charge in [-0.05, 0) is 41.7 Å². The lowest BCUT2D eigenvalue weighted by Gasteiger charge is -2.15. The Bertz CT molecular complexity index is 718. The summed E-state index contributed by atoms with van der Waals surface area (Å²) in [5.74, 6) is 2.13. The molecule has 6 heteroatoms. The lowest BCUT2D eigenvalue weighted by atomic mass is 9.96. The maximum atomic E-state index is 12.8. The van der Waals surface area contributed by atoms with Crippen molar-refractivity contribution in [3.05, 3.63) is 40.0 Å². The first kappa shape index (κ1) is 17.5. The molecule has 0 aromatic carbocycles. The number of hydrogen-bond donors (Lipinski definition) is 1. The third-order valence-corrected chi connectivity index (χ3v) is 6.53. The average Bonchev–Trinajstić information content (AvgIpc) is 3.21. The molecule has 0 bridgehead atoms. The molecule has 128 valence electrons. The van der Waals surface area contributed by atoms with E-state index in [-0.39, 0.29) is 5.78 Å². The van der Waals surface area contributed by atoms with Crippen molar-refractivity contribution in [2.75, 3.05) is 5.32 Å². The second kappa shape index (κ2) is 7.74. The van der Waals surface area contributed by atoms with Crippen LogP contribution in [0.1, 0.15) is 53.9 Å². The number of halogens is 1. The molecule has 2 heterocycles. The minimum Gasteiger partial charge on any atom is -0.367 e. The summed E-state index contributed by atoms with van der Waals surface area (Å²) in [5.41, 5.74) is 1.68. The van der Waals surface area contributed by atoms with Gasteiger partial charge in [0.1, 0.15) is 12.1 Å². The van der Waals surface area contributed by atoms with Crippen molar-refractivity contribution in [3.8, 4) is 0 Å². The van der Waals surface area contributed by atoms with Crippen LogP contribution >= 0.6 is 27.3 Å². The summed E-state index contributed by atoms with van der Waals surface area (Å²) in [4.78, 5) is 22.0. The van der Waals surface area contributed by atoms with Crippen molar-refractivity contribution in [2.45, 2.75) is 44.5 Å². The molecule has 24 heavy (non-hydrogen) atoms. The molecular formula is C18H22BrN3OS. The van der Waals surface area contributed by atoms with Gasteiger partial charge in [-0.25, -0.2) is 9.97 Å². The molecule has 0 radical (unpaired) electrons. The fourth-order valence-electron chi connectivity index (χ4n) is 3.52. The normalized spacial score (nSPS) is 23.4. The molecule has 3 atom stereocenters. The van der Waals surface area contributed by atoms with Crippen LogP contribution in [0.25, 0.3) is 0 Å². The Morgan fingerprint density at radius 3 is 2.96 bits per heavy atom. The number of ketones is 1. The van der Waals surface area contributed by atoms with Crippen molar-refractivity contribution in [1.82, 2.24) is 9.97 Å². The number of rotatable bonds is 6. The van der Waals surface area contributed by atoms with E-state index in [1.165, 1.54) is 24.1 Å². The molecule has 0 unspecified atom stereocenters. The quantitative estimate of drug-likeness (QED) is 0.546. The van der Waals surface area contributed by atoms with Gasteiger partial charge in [-0.2, -0.15) is 0 Å². The maximum Gasteiger partial charge on any atom is 0.208 e. The summed E-state index contributed by atoms with van der Waals surface area (Å²) >= 11 is 4.90. The summed E-state index contributed by atoms with van der Waals surface area (Å²) in [6.07, 6.45) is 6.61. The van der Waals surface area contributed by atoms with Gasteiger partial charge in [0.05, 0.1) is 10.4 Å². The van der Waals surface area contributed by atoms with Gasteiger partial charge in [-0.15, -0.1) is 11.3 Å². The second-order valence-electron chi connectivity index (χ2n) is 6.53. The lowest BCUT2D eigenvalue weighted by molar-refractivity contribution is 0.104. The van der Waals surface area contributed by atoms with E-state index in [0.717, 1.165) is 34.5 Å². The molecule has 1 aliphatic carbocycles. The molecule has 2 aromatic rings. The highest BCUT2D eigenvalue weighted by molar-refractivity contribution is 9.08. The van der Waals surface area contributed by atoms with Gasteiger partial charge >= 0.3 is 0 Å². The SMILES string of the molecule is CC[C@H]1C[C@@H](Nc2ncncc2C(=O)c2cc(CBr)cs2)C[C@@H]1C. The minimum atomic E-state index is -0.00612. The van der Waals surface area contributed by atoms with Gasteiger partial charge in [0.2, 0.25) is 5.78 Å². The molecule has 0 aliphatic heterocycles. The summed E-state index contributed by atoms with van der Waals surface area (Å²) in [6, 6.07) is 2.32. The number of thiophene rings is 1.